The lowest BCUT2D eigenvalue weighted by Crippen LogP contribution is -2.44. The topological polar surface area (TPSA) is 55.8 Å². The number of hydrogen-bond donors (Lipinski definition) is 0. The van der Waals surface area contributed by atoms with Crippen LogP contribution >= 0.6 is 0 Å². The van der Waals surface area contributed by atoms with Crippen LogP contribution in [0.25, 0.3) is 0 Å². The first kappa shape index (κ1) is 15.0. The monoisotopic (exact) mass is 257 g/mol. The molecule has 104 valence electrons. The van der Waals surface area contributed by atoms with Gasteiger partial charge in [-0.1, -0.05) is 0 Å². The molecule has 1 rings (SSSR count). The number of piperidine rings is 1. The Balaban J connectivity index is 2.46. The molecule has 18 heavy (non-hydrogen) atoms. The molecule has 0 unspecified atom stereocenters. The predicted octanol–water partition coefficient (Wildman–Crippen LogP) is 1.21. The first-order valence-corrected chi connectivity index (χ1v) is 6.33. The van der Waals surface area contributed by atoms with E-state index in [1.54, 1.807) is 4.90 Å². The van der Waals surface area contributed by atoms with E-state index in [1.165, 1.54) is 7.11 Å². The van der Waals surface area contributed by atoms with Gasteiger partial charge in [0.1, 0.15) is 6.61 Å². The number of amides is 1. The molecule has 1 heterocycles. The predicted molar refractivity (Wildman–Crippen MR) is 67.0 cm³/mol. The Bertz CT molecular complexity index is 309. The number of likely N-dealkylation sites (tertiary alicyclic amines) is 1. The Kier molecular flexibility index (Phi) is 5.14. The van der Waals surface area contributed by atoms with E-state index in [0.717, 1.165) is 12.8 Å². The Morgan fingerprint density at radius 1 is 1.33 bits per heavy atom. The van der Waals surface area contributed by atoms with E-state index in [1.807, 2.05) is 20.8 Å². The number of rotatable bonds is 3. The van der Waals surface area contributed by atoms with Crippen LogP contribution in [0.1, 0.15) is 33.6 Å². The molecule has 0 aliphatic carbocycles. The van der Waals surface area contributed by atoms with Crippen molar-refractivity contribution in [2.75, 3.05) is 26.8 Å². The normalized spacial score (nSPS) is 20.7. The van der Waals surface area contributed by atoms with Crippen molar-refractivity contribution in [1.29, 1.82) is 0 Å². The molecular formula is C13H23NO4. The van der Waals surface area contributed by atoms with Crippen LogP contribution in [0.5, 0.6) is 0 Å². The molecule has 0 aromatic carbocycles. The molecular weight excluding hydrogens is 234 g/mol. The summed E-state index contributed by atoms with van der Waals surface area (Å²) in [5, 5.41) is 0. The van der Waals surface area contributed by atoms with E-state index in [9.17, 15) is 9.59 Å². The fourth-order valence-electron chi connectivity index (χ4n) is 1.93. The number of esters is 1. The van der Waals surface area contributed by atoms with Gasteiger partial charge in [0.05, 0.1) is 18.6 Å². The third-order valence-corrected chi connectivity index (χ3v) is 2.94. The first-order valence-electron chi connectivity index (χ1n) is 6.33. The van der Waals surface area contributed by atoms with Crippen molar-refractivity contribution in [3.8, 4) is 0 Å². The minimum atomic E-state index is -0.326. The van der Waals surface area contributed by atoms with Crippen LogP contribution in [0, 0.1) is 5.92 Å². The number of nitrogens with zero attached hydrogens (tertiary/aromatic N) is 1. The third-order valence-electron chi connectivity index (χ3n) is 2.94. The molecule has 1 fully saturated rings. The van der Waals surface area contributed by atoms with Crippen LogP contribution < -0.4 is 0 Å². The van der Waals surface area contributed by atoms with Crippen molar-refractivity contribution in [1.82, 2.24) is 4.90 Å². The van der Waals surface area contributed by atoms with Crippen molar-refractivity contribution >= 4 is 11.9 Å². The van der Waals surface area contributed by atoms with Gasteiger partial charge in [0.25, 0.3) is 0 Å². The average Bonchev–Trinajstić information content (AvgIpc) is 2.34. The fraction of sp³-hybridized carbons (Fsp3) is 0.846. The summed E-state index contributed by atoms with van der Waals surface area (Å²) in [4.78, 5) is 25.1. The minimum Gasteiger partial charge on any atom is -0.469 e. The SMILES string of the molecule is COC(=O)[C@H]1CCCN(C(=O)COC(C)(C)C)C1. The van der Waals surface area contributed by atoms with Gasteiger partial charge in [-0.15, -0.1) is 0 Å². The van der Waals surface area contributed by atoms with Gasteiger partial charge in [-0.3, -0.25) is 9.59 Å². The highest BCUT2D eigenvalue weighted by atomic mass is 16.5. The Hall–Kier alpha value is -1.10. The van der Waals surface area contributed by atoms with Crippen LogP contribution in [0.4, 0.5) is 0 Å². The van der Waals surface area contributed by atoms with E-state index >= 15 is 0 Å². The highest BCUT2D eigenvalue weighted by molar-refractivity contribution is 5.79. The van der Waals surface area contributed by atoms with E-state index in [2.05, 4.69) is 0 Å². The second-order valence-corrected chi connectivity index (χ2v) is 5.60. The first-order chi connectivity index (χ1) is 8.33. The molecule has 0 bridgehead atoms. The van der Waals surface area contributed by atoms with Gasteiger partial charge in [0.2, 0.25) is 5.91 Å². The summed E-state index contributed by atoms with van der Waals surface area (Å²) in [6, 6.07) is 0. The lowest BCUT2D eigenvalue weighted by atomic mass is 9.98. The van der Waals surface area contributed by atoms with E-state index in [-0.39, 0.29) is 30.0 Å². The molecule has 5 nitrogen and oxygen atoms in total. The summed E-state index contributed by atoms with van der Waals surface area (Å²) in [6.07, 6.45) is 1.62. The molecule has 1 amide bonds. The van der Waals surface area contributed by atoms with Crippen LogP contribution in [0.15, 0.2) is 0 Å². The molecule has 0 spiro atoms. The molecule has 0 radical (unpaired) electrons. The van der Waals surface area contributed by atoms with Crippen molar-refractivity contribution in [2.24, 2.45) is 5.92 Å². The molecule has 0 N–H and O–H groups in total. The van der Waals surface area contributed by atoms with Gasteiger partial charge in [-0.2, -0.15) is 0 Å². The minimum absolute atomic E-state index is 0.0569. The van der Waals surface area contributed by atoms with Gasteiger partial charge in [-0.25, -0.2) is 0 Å². The molecule has 0 aromatic heterocycles. The second-order valence-electron chi connectivity index (χ2n) is 5.60. The van der Waals surface area contributed by atoms with Gasteiger partial charge in [-0.05, 0) is 33.6 Å². The highest BCUT2D eigenvalue weighted by Crippen LogP contribution is 2.18. The Labute approximate surface area is 108 Å². The van der Waals surface area contributed by atoms with Crippen LogP contribution in [0.3, 0.4) is 0 Å². The van der Waals surface area contributed by atoms with E-state index < -0.39 is 0 Å². The zero-order valence-electron chi connectivity index (χ0n) is 11.7. The zero-order chi connectivity index (χ0) is 13.8. The fourth-order valence-corrected chi connectivity index (χ4v) is 1.93. The largest absolute Gasteiger partial charge is 0.469 e. The molecule has 1 aliphatic rings. The standard InChI is InChI=1S/C13H23NO4/c1-13(2,3)18-9-11(15)14-7-5-6-10(8-14)12(16)17-4/h10H,5-9H2,1-4H3/t10-/m0/s1. The van der Waals surface area contributed by atoms with Gasteiger partial charge in [0, 0.05) is 13.1 Å². The van der Waals surface area contributed by atoms with Gasteiger partial charge in [0.15, 0.2) is 0 Å². The lowest BCUT2D eigenvalue weighted by molar-refractivity contribution is -0.151. The van der Waals surface area contributed by atoms with Crippen LogP contribution in [-0.2, 0) is 19.1 Å². The van der Waals surface area contributed by atoms with Crippen molar-refractivity contribution in [3.63, 3.8) is 0 Å². The van der Waals surface area contributed by atoms with Gasteiger partial charge >= 0.3 is 5.97 Å². The maximum Gasteiger partial charge on any atom is 0.310 e. The number of hydrogen-bond acceptors (Lipinski definition) is 4. The summed E-state index contributed by atoms with van der Waals surface area (Å²) in [5.74, 6) is -0.481. The zero-order valence-corrected chi connectivity index (χ0v) is 11.7. The van der Waals surface area contributed by atoms with Crippen molar-refractivity contribution < 1.29 is 19.1 Å². The maximum absolute atomic E-state index is 12.0. The van der Waals surface area contributed by atoms with Crippen LogP contribution in [-0.4, -0.2) is 49.2 Å². The van der Waals surface area contributed by atoms with Gasteiger partial charge < -0.3 is 14.4 Å². The van der Waals surface area contributed by atoms with Crippen molar-refractivity contribution in [3.05, 3.63) is 0 Å². The number of ether oxygens (including phenoxy) is 2. The smallest absolute Gasteiger partial charge is 0.310 e. The van der Waals surface area contributed by atoms with E-state index in [0.29, 0.717) is 13.1 Å². The van der Waals surface area contributed by atoms with Crippen LogP contribution in [0.2, 0.25) is 0 Å². The second kappa shape index (κ2) is 6.18. The quantitative estimate of drug-likeness (QED) is 0.713. The maximum atomic E-state index is 12.0. The summed E-state index contributed by atoms with van der Waals surface area (Å²) >= 11 is 0. The molecule has 1 saturated heterocycles. The number of methoxy groups -OCH3 is 1. The Morgan fingerprint density at radius 2 is 2.00 bits per heavy atom. The highest BCUT2D eigenvalue weighted by Gasteiger charge is 2.29. The molecule has 1 aliphatic heterocycles. The molecule has 1 atom stereocenters. The van der Waals surface area contributed by atoms with E-state index in [4.69, 9.17) is 9.47 Å². The molecule has 0 aromatic rings. The summed E-state index contributed by atoms with van der Waals surface area (Å²) < 4.78 is 10.2. The lowest BCUT2D eigenvalue weighted by Gasteiger charge is -2.32. The molecule has 0 saturated carbocycles. The average molecular weight is 257 g/mol. The molecule has 5 heteroatoms. The van der Waals surface area contributed by atoms with Crippen molar-refractivity contribution in [2.45, 2.75) is 39.2 Å². The Morgan fingerprint density at radius 3 is 2.56 bits per heavy atom. The summed E-state index contributed by atoms with van der Waals surface area (Å²) in [7, 11) is 1.38. The number of carbonyl (C=O) groups is 2. The number of carbonyl (C=O) groups excluding carboxylic acids is 2. The summed E-state index contributed by atoms with van der Waals surface area (Å²) in [5.41, 5.74) is -0.326. The third kappa shape index (κ3) is 4.64. The summed E-state index contributed by atoms with van der Waals surface area (Å²) in [6.45, 7) is 6.94.